The van der Waals surface area contributed by atoms with Gasteiger partial charge in [-0.2, -0.15) is 0 Å². The second-order valence-corrected chi connectivity index (χ2v) is 3.87. The third-order valence-corrected chi connectivity index (χ3v) is 2.81. The van der Waals surface area contributed by atoms with E-state index in [4.69, 9.17) is 5.11 Å². The predicted molar refractivity (Wildman–Crippen MR) is 53.9 cm³/mol. The first kappa shape index (κ1) is 9.96. The second-order valence-electron chi connectivity index (χ2n) is 3.87. The van der Waals surface area contributed by atoms with E-state index in [1.54, 1.807) is 4.90 Å². The van der Waals surface area contributed by atoms with E-state index in [-0.39, 0.29) is 12.3 Å². The number of likely N-dealkylation sites (tertiary alicyclic amines) is 1. The molecule has 1 N–H and O–H groups in total. The first-order valence-corrected chi connectivity index (χ1v) is 5.07. The normalized spacial score (nSPS) is 25.6. The van der Waals surface area contributed by atoms with Gasteiger partial charge in [0.15, 0.2) is 0 Å². The molecule has 2 rings (SSSR count). The number of amides is 1. The summed E-state index contributed by atoms with van der Waals surface area (Å²) in [5, 5.41) is 8.83. The summed E-state index contributed by atoms with van der Waals surface area (Å²) in [6.45, 7) is 0.327. The zero-order chi connectivity index (χ0) is 10.8. The summed E-state index contributed by atoms with van der Waals surface area (Å²) in [6.07, 6.45) is 7.74. The smallest absolute Gasteiger partial charge is 0.308 e. The van der Waals surface area contributed by atoms with Crippen LogP contribution in [-0.4, -0.2) is 28.4 Å². The zero-order valence-electron chi connectivity index (χ0n) is 8.35. The molecule has 1 amide bonds. The van der Waals surface area contributed by atoms with E-state index in [2.05, 4.69) is 0 Å². The molecule has 1 fully saturated rings. The number of nitrogens with zero attached hydrogens (tertiary/aromatic N) is 1. The van der Waals surface area contributed by atoms with Crippen LogP contribution >= 0.6 is 0 Å². The number of allylic oxidation sites excluding steroid dienone is 4. The van der Waals surface area contributed by atoms with Crippen molar-refractivity contribution in [2.75, 3.05) is 6.54 Å². The molecule has 0 aromatic rings. The maximum absolute atomic E-state index is 11.6. The van der Waals surface area contributed by atoms with Crippen LogP contribution in [0.4, 0.5) is 0 Å². The van der Waals surface area contributed by atoms with Gasteiger partial charge in [0.25, 0.3) is 0 Å². The van der Waals surface area contributed by atoms with Gasteiger partial charge >= 0.3 is 5.97 Å². The van der Waals surface area contributed by atoms with Crippen LogP contribution in [0.2, 0.25) is 0 Å². The molecular weight excluding hydrogens is 194 g/mol. The summed E-state index contributed by atoms with van der Waals surface area (Å²) in [5.74, 6) is -1.48. The van der Waals surface area contributed by atoms with Crippen molar-refractivity contribution in [1.29, 1.82) is 0 Å². The molecule has 0 spiro atoms. The second kappa shape index (κ2) is 3.88. The van der Waals surface area contributed by atoms with Crippen LogP contribution in [0.3, 0.4) is 0 Å². The SMILES string of the molecule is O=C(O)C1CC(=O)N(C2=CC=CCC2)C1. The quantitative estimate of drug-likeness (QED) is 0.739. The molecule has 80 valence electrons. The van der Waals surface area contributed by atoms with Crippen LogP contribution in [0.1, 0.15) is 19.3 Å². The van der Waals surface area contributed by atoms with Gasteiger partial charge in [-0.05, 0) is 18.9 Å². The highest BCUT2D eigenvalue weighted by Gasteiger charge is 2.35. The number of aliphatic carboxylic acids is 1. The third kappa shape index (κ3) is 1.93. The van der Waals surface area contributed by atoms with Gasteiger partial charge in [0.2, 0.25) is 5.91 Å². The lowest BCUT2D eigenvalue weighted by Crippen LogP contribution is -2.26. The minimum Gasteiger partial charge on any atom is -0.481 e. The molecule has 15 heavy (non-hydrogen) atoms. The Morgan fingerprint density at radius 2 is 2.33 bits per heavy atom. The van der Waals surface area contributed by atoms with E-state index in [9.17, 15) is 9.59 Å². The standard InChI is InChI=1S/C11H13NO3/c13-10-6-8(11(14)15)7-12(10)9-4-2-1-3-5-9/h1-2,4,8H,3,5-7H2,(H,14,15). The van der Waals surface area contributed by atoms with E-state index in [0.717, 1.165) is 18.5 Å². The fraction of sp³-hybridized carbons (Fsp3) is 0.455. The summed E-state index contributed by atoms with van der Waals surface area (Å²) >= 11 is 0. The van der Waals surface area contributed by atoms with Crippen molar-refractivity contribution < 1.29 is 14.7 Å². The first-order valence-electron chi connectivity index (χ1n) is 5.07. The van der Waals surface area contributed by atoms with E-state index in [1.165, 1.54) is 0 Å². The molecule has 0 aromatic carbocycles. The van der Waals surface area contributed by atoms with Crippen LogP contribution in [0.15, 0.2) is 23.9 Å². The van der Waals surface area contributed by atoms with Gasteiger partial charge in [-0.1, -0.05) is 12.2 Å². The minimum absolute atomic E-state index is 0.0658. The Balaban J connectivity index is 2.11. The lowest BCUT2D eigenvalue weighted by atomic mass is 10.1. The maximum Gasteiger partial charge on any atom is 0.308 e. The van der Waals surface area contributed by atoms with E-state index in [0.29, 0.717) is 6.54 Å². The van der Waals surface area contributed by atoms with Crippen LogP contribution in [0, 0.1) is 5.92 Å². The van der Waals surface area contributed by atoms with Gasteiger partial charge in [0, 0.05) is 18.7 Å². The van der Waals surface area contributed by atoms with E-state index < -0.39 is 11.9 Å². The van der Waals surface area contributed by atoms with E-state index in [1.807, 2.05) is 18.2 Å². The van der Waals surface area contributed by atoms with Crippen molar-refractivity contribution in [2.45, 2.75) is 19.3 Å². The van der Waals surface area contributed by atoms with Gasteiger partial charge in [0.05, 0.1) is 5.92 Å². The monoisotopic (exact) mass is 207 g/mol. The first-order chi connectivity index (χ1) is 7.18. The molecule has 0 radical (unpaired) electrons. The molecule has 1 atom stereocenters. The average Bonchev–Trinajstić information content (AvgIpc) is 2.62. The molecule has 1 unspecified atom stereocenters. The molecule has 0 bridgehead atoms. The highest BCUT2D eigenvalue weighted by Crippen LogP contribution is 2.26. The molecule has 4 heteroatoms. The Morgan fingerprint density at radius 1 is 1.53 bits per heavy atom. The van der Waals surface area contributed by atoms with Gasteiger partial charge in [-0.25, -0.2) is 0 Å². The van der Waals surface area contributed by atoms with Crippen molar-refractivity contribution in [1.82, 2.24) is 4.90 Å². The number of hydrogen-bond acceptors (Lipinski definition) is 2. The number of carboxylic acids is 1. The van der Waals surface area contributed by atoms with Crippen LogP contribution in [0.5, 0.6) is 0 Å². The zero-order valence-corrected chi connectivity index (χ0v) is 8.35. The molecule has 4 nitrogen and oxygen atoms in total. The molecule has 0 aromatic heterocycles. The van der Waals surface area contributed by atoms with Crippen molar-refractivity contribution in [3.8, 4) is 0 Å². The molecule has 0 saturated carbocycles. The number of carboxylic acid groups (broad SMARTS) is 1. The molecular formula is C11H13NO3. The Bertz CT molecular complexity index is 357. The highest BCUT2D eigenvalue weighted by atomic mass is 16.4. The van der Waals surface area contributed by atoms with Crippen LogP contribution < -0.4 is 0 Å². The van der Waals surface area contributed by atoms with Gasteiger partial charge in [0.1, 0.15) is 0 Å². The van der Waals surface area contributed by atoms with Crippen LogP contribution in [0.25, 0.3) is 0 Å². The third-order valence-electron chi connectivity index (χ3n) is 2.81. The van der Waals surface area contributed by atoms with Gasteiger partial charge < -0.3 is 10.0 Å². The van der Waals surface area contributed by atoms with Crippen LogP contribution in [-0.2, 0) is 9.59 Å². The molecule has 1 aliphatic carbocycles. The minimum atomic E-state index is -0.877. The van der Waals surface area contributed by atoms with Gasteiger partial charge in [-0.15, -0.1) is 0 Å². The topological polar surface area (TPSA) is 57.6 Å². The predicted octanol–water partition coefficient (Wildman–Crippen LogP) is 1.15. The average molecular weight is 207 g/mol. The largest absolute Gasteiger partial charge is 0.481 e. The Labute approximate surface area is 87.9 Å². The Morgan fingerprint density at radius 3 is 2.87 bits per heavy atom. The summed E-state index contributed by atoms with van der Waals surface area (Å²) < 4.78 is 0. The summed E-state index contributed by atoms with van der Waals surface area (Å²) in [7, 11) is 0. The lowest BCUT2D eigenvalue weighted by Gasteiger charge is -2.20. The van der Waals surface area contributed by atoms with E-state index >= 15 is 0 Å². The Hall–Kier alpha value is -1.58. The van der Waals surface area contributed by atoms with Crippen molar-refractivity contribution in [3.63, 3.8) is 0 Å². The molecule has 1 aliphatic heterocycles. The number of carbonyl (C=O) groups excluding carboxylic acids is 1. The lowest BCUT2D eigenvalue weighted by molar-refractivity contribution is -0.141. The van der Waals surface area contributed by atoms with Crippen molar-refractivity contribution >= 4 is 11.9 Å². The molecule has 1 saturated heterocycles. The van der Waals surface area contributed by atoms with Gasteiger partial charge in [-0.3, -0.25) is 9.59 Å². The maximum atomic E-state index is 11.6. The summed E-state index contributed by atoms with van der Waals surface area (Å²) in [6, 6.07) is 0. The number of hydrogen-bond donors (Lipinski definition) is 1. The fourth-order valence-electron chi connectivity index (χ4n) is 1.97. The fourth-order valence-corrected chi connectivity index (χ4v) is 1.97. The number of rotatable bonds is 2. The Kier molecular flexibility index (Phi) is 2.58. The molecule has 2 aliphatic rings. The highest BCUT2D eigenvalue weighted by molar-refractivity contribution is 5.87. The van der Waals surface area contributed by atoms with Crippen molar-refractivity contribution in [2.24, 2.45) is 5.92 Å². The van der Waals surface area contributed by atoms with Crippen molar-refractivity contribution in [3.05, 3.63) is 23.9 Å². The molecule has 1 heterocycles. The summed E-state index contributed by atoms with van der Waals surface area (Å²) in [5.41, 5.74) is 0.950. The summed E-state index contributed by atoms with van der Waals surface area (Å²) in [4.78, 5) is 24.0. The number of carbonyl (C=O) groups is 2.